The molecule has 122 valence electrons. The number of hydrogen-bond donors (Lipinski definition) is 2. The lowest BCUT2D eigenvalue weighted by Gasteiger charge is -2.36. The highest BCUT2D eigenvalue weighted by molar-refractivity contribution is 5.81. The van der Waals surface area contributed by atoms with Crippen LogP contribution in [0.3, 0.4) is 0 Å². The fraction of sp³-hybridized carbons (Fsp3) is 0.941. The van der Waals surface area contributed by atoms with Gasteiger partial charge in [0.1, 0.15) is 0 Å². The Morgan fingerprint density at radius 1 is 1.29 bits per heavy atom. The van der Waals surface area contributed by atoms with Gasteiger partial charge in [-0.2, -0.15) is 0 Å². The quantitative estimate of drug-likeness (QED) is 0.837. The van der Waals surface area contributed by atoms with E-state index in [1.54, 1.807) is 0 Å². The number of carbonyl (C=O) groups is 1. The number of aliphatic hydroxyl groups is 1. The zero-order valence-corrected chi connectivity index (χ0v) is 13.7. The fourth-order valence-corrected chi connectivity index (χ4v) is 3.79. The van der Waals surface area contributed by atoms with Gasteiger partial charge in [-0.15, -0.1) is 0 Å². The molecule has 3 unspecified atom stereocenters. The van der Waals surface area contributed by atoms with Crippen molar-refractivity contribution in [3.8, 4) is 0 Å². The lowest BCUT2D eigenvalue weighted by molar-refractivity contribution is -0.133. The van der Waals surface area contributed by atoms with E-state index in [1.165, 1.54) is 19.3 Å². The van der Waals surface area contributed by atoms with E-state index in [0.717, 1.165) is 45.2 Å². The summed E-state index contributed by atoms with van der Waals surface area (Å²) in [5.74, 6) is 0.784. The molecule has 1 saturated heterocycles. The molecule has 2 N–H and O–H groups in total. The summed E-state index contributed by atoms with van der Waals surface area (Å²) in [6.07, 6.45) is 8.74. The van der Waals surface area contributed by atoms with Crippen LogP contribution >= 0.6 is 0 Å². The Balaban J connectivity index is 1.80. The van der Waals surface area contributed by atoms with Crippen LogP contribution in [0.5, 0.6) is 0 Å². The number of carbonyl (C=O) groups excluding carboxylic acids is 1. The first-order valence-electron chi connectivity index (χ1n) is 8.75. The molecule has 4 nitrogen and oxygen atoms in total. The van der Waals surface area contributed by atoms with Crippen molar-refractivity contribution >= 4 is 5.91 Å². The minimum atomic E-state index is -0.620. The van der Waals surface area contributed by atoms with Gasteiger partial charge in [0.25, 0.3) is 0 Å². The molecule has 2 fully saturated rings. The molecule has 0 bridgehead atoms. The maximum absolute atomic E-state index is 12.5. The molecule has 3 atom stereocenters. The lowest BCUT2D eigenvalue weighted by atomic mass is 9.79. The minimum absolute atomic E-state index is 0.190. The summed E-state index contributed by atoms with van der Waals surface area (Å²) in [4.78, 5) is 14.5. The third-order valence-corrected chi connectivity index (χ3v) is 5.09. The molecule has 0 radical (unpaired) electrons. The second-order valence-corrected chi connectivity index (χ2v) is 7.27. The Hall–Kier alpha value is -0.610. The van der Waals surface area contributed by atoms with Gasteiger partial charge < -0.3 is 15.3 Å². The van der Waals surface area contributed by atoms with Crippen molar-refractivity contribution in [2.24, 2.45) is 5.92 Å². The van der Waals surface area contributed by atoms with E-state index in [-0.39, 0.29) is 11.9 Å². The molecular weight excluding hydrogens is 264 g/mol. The highest BCUT2D eigenvalue weighted by Crippen LogP contribution is 2.31. The zero-order valence-electron chi connectivity index (χ0n) is 13.7. The predicted octanol–water partition coefficient (Wildman–Crippen LogP) is 2.31. The fourth-order valence-electron chi connectivity index (χ4n) is 3.79. The minimum Gasteiger partial charge on any atom is -0.389 e. The number of hydrogen-bond acceptors (Lipinski definition) is 3. The molecule has 4 heteroatoms. The average Bonchev–Trinajstić information content (AvgIpc) is 2.73. The summed E-state index contributed by atoms with van der Waals surface area (Å²) in [6, 6.07) is -0.190. The predicted molar refractivity (Wildman–Crippen MR) is 85.1 cm³/mol. The Bertz CT molecular complexity index is 340. The number of rotatable bonds is 4. The average molecular weight is 296 g/mol. The van der Waals surface area contributed by atoms with Crippen molar-refractivity contribution in [1.82, 2.24) is 10.2 Å². The van der Waals surface area contributed by atoms with E-state index in [2.05, 4.69) is 12.2 Å². The molecule has 21 heavy (non-hydrogen) atoms. The molecule has 0 aromatic rings. The van der Waals surface area contributed by atoms with Gasteiger partial charge in [0.15, 0.2) is 0 Å². The van der Waals surface area contributed by atoms with Crippen LogP contribution in [-0.2, 0) is 4.79 Å². The molecule has 0 spiro atoms. The van der Waals surface area contributed by atoms with E-state index in [4.69, 9.17) is 0 Å². The number of amides is 1. The SMILES string of the molecule is CC1CCCC(O)(CNC(C)C(=O)N2CCCCCC2)C1. The van der Waals surface area contributed by atoms with Gasteiger partial charge in [-0.25, -0.2) is 0 Å². The second-order valence-electron chi connectivity index (χ2n) is 7.27. The maximum Gasteiger partial charge on any atom is 0.239 e. The molecule has 2 aliphatic rings. The van der Waals surface area contributed by atoms with Gasteiger partial charge in [-0.1, -0.05) is 32.6 Å². The molecule has 1 amide bonds. The van der Waals surface area contributed by atoms with Crippen LogP contribution in [0.15, 0.2) is 0 Å². The summed E-state index contributed by atoms with van der Waals surface area (Å²) in [5.41, 5.74) is -0.620. The zero-order chi connectivity index (χ0) is 15.3. The molecule has 2 rings (SSSR count). The number of likely N-dealkylation sites (tertiary alicyclic amines) is 1. The van der Waals surface area contributed by atoms with Crippen molar-refractivity contribution in [1.29, 1.82) is 0 Å². The van der Waals surface area contributed by atoms with Crippen molar-refractivity contribution in [3.05, 3.63) is 0 Å². The van der Waals surface area contributed by atoms with Crippen molar-refractivity contribution in [2.45, 2.75) is 76.9 Å². The van der Waals surface area contributed by atoms with Gasteiger partial charge in [-0.05, 0) is 38.5 Å². The monoisotopic (exact) mass is 296 g/mol. The third kappa shape index (κ3) is 4.96. The maximum atomic E-state index is 12.5. The molecule has 1 aliphatic heterocycles. The standard InChI is InChI=1S/C17H32N2O2/c1-14-8-7-9-17(21,12-14)13-18-15(2)16(20)19-10-5-3-4-6-11-19/h14-15,18,21H,3-13H2,1-2H3. The Morgan fingerprint density at radius 3 is 2.57 bits per heavy atom. The molecule has 1 heterocycles. The molecule has 0 aromatic heterocycles. The molecule has 1 aliphatic carbocycles. The van der Waals surface area contributed by atoms with Gasteiger partial charge in [0.2, 0.25) is 5.91 Å². The first-order chi connectivity index (χ1) is 10.0. The summed E-state index contributed by atoms with van der Waals surface area (Å²) in [5, 5.41) is 13.9. The van der Waals surface area contributed by atoms with E-state index < -0.39 is 5.60 Å². The van der Waals surface area contributed by atoms with Gasteiger partial charge in [0.05, 0.1) is 11.6 Å². The van der Waals surface area contributed by atoms with Crippen LogP contribution in [-0.4, -0.2) is 47.2 Å². The lowest BCUT2D eigenvalue weighted by Crippen LogP contribution is -2.51. The first-order valence-corrected chi connectivity index (χ1v) is 8.75. The Labute approximate surface area is 129 Å². The highest BCUT2D eigenvalue weighted by atomic mass is 16.3. The van der Waals surface area contributed by atoms with Gasteiger partial charge >= 0.3 is 0 Å². The van der Waals surface area contributed by atoms with Crippen LogP contribution in [0.25, 0.3) is 0 Å². The number of nitrogens with zero attached hydrogens (tertiary/aromatic N) is 1. The van der Waals surface area contributed by atoms with Crippen LogP contribution in [0.4, 0.5) is 0 Å². The Kier molecular flexibility index (Phi) is 6.06. The normalized spacial score (nSPS) is 32.5. The van der Waals surface area contributed by atoms with Crippen molar-refractivity contribution in [2.75, 3.05) is 19.6 Å². The number of nitrogens with one attached hydrogen (secondary N) is 1. The van der Waals surface area contributed by atoms with Crippen molar-refractivity contribution < 1.29 is 9.90 Å². The first kappa shape index (κ1) is 16.8. The topological polar surface area (TPSA) is 52.6 Å². The van der Waals surface area contributed by atoms with Gasteiger partial charge in [-0.3, -0.25) is 4.79 Å². The van der Waals surface area contributed by atoms with E-state index >= 15 is 0 Å². The van der Waals surface area contributed by atoms with Crippen LogP contribution in [0, 0.1) is 5.92 Å². The largest absolute Gasteiger partial charge is 0.389 e. The summed E-state index contributed by atoms with van der Waals surface area (Å²) in [6.45, 7) is 6.47. The van der Waals surface area contributed by atoms with E-state index in [0.29, 0.717) is 12.5 Å². The molecular formula is C17H32N2O2. The van der Waals surface area contributed by atoms with Gasteiger partial charge in [0, 0.05) is 19.6 Å². The van der Waals surface area contributed by atoms with Crippen LogP contribution in [0.1, 0.15) is 65.2 Å². The molecule has 1 saturated carbocycles. The summed E-state index contributed by atoms with van der Waals surface area (Å²) in [7, 11) is 0. The van der Waals surface area contributed by atoms with E-state index in [1.807, 2.05) is 11.8 Å². The highest BCUT2D eigenvalue weighted by Gasteiger charge is 2.33. The molecule has 0 aromatic carbocycles. The summed E-state index contributed by atoms with van der Waals surface area (Å²) >= 11 is 0. The Morgan fingerprint density at radius 2 is 1.95 bits per heavy atom. The third-order valence-electron chi connectivity index (χ3n) is 5.09. The van der Waals surface area contributed by atoms with Crippen LogP contribution in [0.2, 0.25) is 0 Å². The van der Waals surface area contributed by atoms with Crippen LogP contribution < -0.4 is 5.32 Å². The smallest absolute Gasteiger partial charge is 0.239 e. The van der Waals surface area contributed by atoms with E-state index in [9.17, 15) is 9.90 Å². The van der Waals surface area contributed by atoms with Crippen molar-refractivity contribution in [3.63, 3.8) is 0 Å². The second kappa shape index (κ2) is 7.59. The summed E-state index contributed by atoms with van der Waals surface area (Å²) < 4.78 is 0.